The van der Waals surface area contributed by atoms with E-state index in [4.69, 9.17) is 4.42 Å². The van der Waals surface area contributed by atoms with E-state index < -0.39 is 5.97 Å². The van der Waals surface area contributed by atoms with Crippen LogP contribution >= 0.6 is 11.3 Å². The lowest BCUT2D eigenvalue weighted by atomic mass is 9.83. The van der Waals surface area contributed by atoms with Gasteiger partial charge in [-0.05, 0) is 75.2 Å². The fourth-order valence-electron chi connectivity index (χ4n) is 7.25. The van der Waals surface area contributed by atoms with E-state index in [0.29, 0.717) is 22.6 Å². The topological polar surface area (TPSA) is 91.8 Å². The lowest BCUT2D eigenvalue weighted by Crippen LogP contribution is -2.40. The van der Waals surface area contributed by atoms with Crippen molar-refractivity contribution in [2.75, 3.05) is 33.7 Å². The van der Waals surface area contributed by atoms with Gasteiger partial charge in [0.1, 0.15) is 11.4 Å². The highest BCUT2D eigenvalue weighted by atomic mass is 32.1. The Morgan fingerprint density at radius 1 is 1.07 bits per heavy atom. The molecule has 1 N–H and O–H groups in total. The largest absolute Gasteiger partial charge is 0.477 e. The summed E-state index contributed by atoms with van der Waals surface area (Å²) in [4.78, 5) is 34.9. The number of oxazole rings is 1. The summed E-state index contributed by atoms with van der Waals surface area (Å²) < 4.78 is 9.00. The number of aromatic carboxylic acids is 1. The third-order valence-corrected chi connectivity index (χ3v) is 10.4. The minimum Gasteiger partial charge on any atom is -0.477 e. The third kappa shape index (κ3) is 6.02. The van der Waals surface area contributed by atoms with Crippen molar-refractivity contribution in [1.82, 2.24) is 19.4 Å². The number of fused-ring (bicyclic) bond motifs is 1. The number of hydrogen-bond donors (Lipinski definition) is 1. The fourth-order valence-corrected chi connectivity index (χ4v) is 8.37. The standard InChI is InChI=1S/C34H42N4O4S/c1-21-32(42-22(2)35-21)26-14-12-25(13-15-26)31-30(24-10-6-5-7-11-24)33-27(17-28(43-33)34(40)41)38(31)20-29(39)37(4)19-23-9-8-16-36(3)18-23/h12-15,17,23-24H,5-11,16,18-20H2,1-4H3,(H,40,41). The second kappa shape index (κ2) is 12.3. The highest BCUT2D eigenvalue weighted by Crippen LogP contribution is 2.47. The second-order valence-corrected chi connectivity index (χ2v) is 13.6. The van der Waals surface area contributed by atoms with E-state index in [1.165, 1.54) is 23.3 Å². The smallest absolute Gasteiger partial charge is 0.345 e. The second-order valence-electron chi connectivity index (χ2n) is 12.6. The number of hydrogen-bond acceptors (Lipinski definition) is 6. The molecule has 1 unspecified atom stereocenters. The predicted molar refractivity (Wildman–Crippen MR) is 171 cm³/mol. The molecule has 1 saturated carbocycles. The van der Waals surface area contributed by atoms with Crippen molar-refractivity contribution in [3.05, 3.63) is 52.4 Å². The van der Waals surface area contributed by atoms with Crippen molar-refractivity contribution < 1.29 is 19.1 Å². The van der Waals surface area contributed by atoms with Gasteiger partial charge in [0.15, 0.2) is 11.7 Å². The molecule has 3 aromatic heterocycles. The molecule has 43 heavy (non-hydrogen) atoms. The Bertz CT molecular complexity index is 1630. The van der Waals surface area contributed by atoms with Gasteiger partial charge in [-0.3, -0.25) is 4.79 Å². The van der Waals surface area contributed by atoms with Crippen LogP contribution in [0.25, 0.3) is 32.8 Å². The molecule has 0 radical (unpaired) electrons. The maximum atomic E-state index is 13.9. The van der Waals surface area contributed by atoms with Gasteiger partial charge in [0.25, 0.3) is 0 Å². The molecule has 2 fully saturated rings. The minimum atomic E-state index is -0.921. The van der Waals surface area contributed by atoms with Gasteiger partial charge in [-0.1, -0.05) is 43.5 Å². The first-order valence-corrected chi connectivity index (χ1v) is 16.4. The number of aromatic nitrogens is 2. The van der Waals surface area contributed by atoms with E-state index in [2.05, 4.69) is 45.8 Å². The molecule has 9 heteroatoms. The molecule has 0 spiro atoms. The maximum absolute atomic E-state index is 13.9. The van der Waals surface area contributed by atoms with Crippen molar-refractivity contribution in [2.24, 2.45) is 5.92 Å². The summed E-state index contributed by atoms with van der Waals surface area (Å²) in [6.45, 7) is 6.83. The average Bonchev–Trinajstić information content (AvgIpc) is 3.65. The Hall–Kier alpha value is -3.43. The lowest BCUT2D eigenvalue weighted by molar-refractivity contribution is -0.131. The first kappa shape index (κ1) is 29.6. The molecule has 0 bridgehead atoms. The fraction of sp³-hybridized carbons (Fsp3) is 0.500. The predicted octanol–water partition coefficient (Wildman–Crippen LogP) is 7.19. The molecule has 8 nitrogen and oxygen atoms in total. The Kier molecular flexibility index (Phi) is 8.47. The van der Waals surface area contributed by atoms with Crippen molar-refractivity contribution >= 4 is 33.4 Å². The van der Waals surface area contributed by atoms with Gasteiger partial charge >= 0.3 is 5.97 Å². The van der Waals surface area contributed by atoms with Gasteiger partial charge in [0.05, 0.1) is 21.6 Å². The number of nitrogens with zero attached hydrogens (tertiary/aromatic N) is 4. The van der Waals surface area contributed by atoms with Crippen LogP contribution in [0.2, 0.25) is 0 Å². The molecular weight excluding hydrogens is 560 g/mol. The molecule has 1 amide bonds. The number of carboxylic acid groups (broad SMARTS) is 1. The SMILES string of the molecule is Cc1nc(C)c(-c2ccc(-c3c(C4CCCCC4)c4sc(C(=O)O)cc4n3CC(=O)N(C)CC3CCCN(C)C3)cc2)o1. The van der Waals surface area contributed by atoms with E-state index in [1.54, 1.807) is 6.07 Å². The van der Waals surface area contributed by atoms with Crippen LogP contribution < -0.4 is 0 Å². The molecule has 1 aliphatic carbocycles. The molecule has 4 heterocycles. The summed E-state index contributed by atoms with van der Waals surface area (Å²) in [5.74, 6) is 1.33. The van der Waals surface area contributed by atoms with Gasteiger partial charge < -0.3 is 23.9 Å². The zero-order chi connectivity index (χ0) is 30.2. The van der Waals surface area contributed by atoms with Crippen molar-refractivity contribution in [2.45, 2.75) is 71.3 Å². The number of carbonyl (C=O) groups excluding carboxylic acids is 1. The Labute approximate surface area is 257 Å². The number of thiophene rings is 1. The Morgan fingerprint density at radius 3 is 2.44 bits per heavy atom. The highest BCUT2D eigenvalue weighted by molar-refractivity contribution is 7.21. The number of piperidine rings is 1. The summed E-state index contributed by atoms with van der Waals surface area (Å²) in [5.41, 5.74) is 5.95. The molecule has 1 aromatic carbocycles. The molecule has 1 atom stereocenters. The first-order chi connectivity index (χ1) is 20.7. The lowest BCUT2D eigenvalue weighted by Gasteiger charge is -2.32. The summed E-state index contributed by atoms with van der Waals surface area (Å²) in [6, 6.07) is 10.1. The summed E-state index contributed by atoms with van der Waals surface area (Å²) in [7, 11) is 4.06. The van der Waals surface area contributed by atoms with Crippen LogP contribution in [0.15, 0.2) is 34.7 Å². The van der Waals surface area contributed by atoms with Crippen LogP contribution in [0.5, 0.6) is 0 Å². The summed E-state index contributed by atoms with van der Waals surface area (Å²) in [6.07, 6.45) is 7.99. The first-order valence-electron chi connectivity index (χ1n) is 15.6. The van der Waals surface area contributed by atoms with Crippen LogP contribution in [0.3, 0.4) is 0 Å². The zero-order valence-corrected chi connectivity index (χ0v) is 26.5. The van der Waals surface area contributed by atoms with Crippen molar-refractivity contribution in [3.8, 4) is 22.6 Å². The number of benzene rings is 1. The number of carbonyl (C=O) groups is 2. The monoisotopic (exact) mass is 602 g/mol. The number of rotatable bonds is 8. The Morgan fingerprint density at radius 2 is 1.79 bits per heavy atom. The zero-order valence-electron chi connectivity index (χ0n) is 25.7. The van der Waals surface area contributed by atoms with Crippen molar-refractivity contribution in [3.63, 3.8) is 0 Å². The van der Waals surface area contributed by atoms with Gasteiger partial charge in [-0.25, -0.2) is 9.78 Å². The number of aryl methyl sites for hydroxylation is 2. The van der Waals surface area contributed by atoms with E-state index in [0.717, 1.165) is 96.7 Å². The van der Waals surface area contributed by atoms with Crippen LogP contribution in [0, 0.1) is 19.8 Å². The molecule has 1 saturated heterocycles. The normalized spacial score (nSPS) is 18.4. The van der Waals surface area contributed by atoms with Crippen LogP contribution in [-0.4, -0.2) is 70.1 Å². The number of likely N-dealkylation sites (tertiary alicyclic amines) is 1. The number of amides is 1. The van der Waals surface area contributed by atoms with E-state index in [-0.39, 0.29) is 12.5 Å². The molecular formula is C34H42N4O4S. The van der Waals surface area contributed by atoms with Gasteiger partial charge in [0, 0.05) is 32.6 Å². The van der Waals surface area contributed by atoms with E-state index in [9.17, 15) is 14.7 Å². The van der Waals surface area contributed by atoms with Crippen LogP contribution in [-0.2, 0) is 11.3 Å². The molecule has 228 valence electrons. The number of carboxylic acids is 1. The average molecular weight is 603 g/mol. The van der Waals surface area contributed by atoms with E-state index >= 15 is 0 Å². The third-order valence-electron chi connectivity index (χ3n) is 9.29. The quantitative estimate of drug-likeness (QED) is 0.230. The Balaban J connectivity index is 1.43. The number of likely N-dealkylation sites (N-methyl/N-ethyl adjacent to an activating group) is 1. The summed E-state index contributed by atoms with van der Waals surface area (Å²) in [5, 5.41) is 9.93. The molecule has 2 aliphatic rings. The molecule has 4 aromatic rings. The maximum Gasteiger partial charge on any atom is 0.345 e. The van der Waals surface area contributed by atoms with Crippen LogP contribution in [0.4, 0.5) is 0 Å². The van der Waals surface area contributed by atoms with Gasteiger partial charge in [-0.2, -0.15) is 0 Å². The highest BCUT2D eigenvalue weighted by Gasteiger charge is 2.30. The molecule has 1 aliphatic heterocycles. The van der Waals surface area contributed by atoms with Crippen LogP contribution in [0.1, 0.15) is 77.7 Å². The molecule has 6 rings (SSSR count). The van der Waals surface area contributed by atoms with Gasteiger partial charge in [-0.15, -0.1) is 11.3 Å². The van der Waals surface area contributed by atoms with E-state index in [1.807, 2.05) is 25.8 Å². The van der Waals surface area contributed by atoms with Crippen molar-refractivity contribution in [1.29, 1.82) is 0 Å². The summed E-state index contributed by atoms with van der Waals surface area (Å²) >= 11 is 1.35. The minimum absolute atomic E-state index is 0.0500. The van der Waals surface area contributed by atoms with Gasteiger partial charge in [0.2, 0.25) is 5.91 Å².